The predicted molar refractivity (Wildman–Crippen MR) is 102 cm³/mol. The Morgan fingerprint density at radius 3 is 2.29 bits per heavy atom. The third-order valence-electron chi connectivity index (χ3n) is 4.45. The van der Waals surface area contributed by atoms with E-state index in [0.717, 1.165) is 17.7 Å². The van der Waals surface area contributed by atoms with Crippen LogP contribution in [0.15, 0.2) is 42.5 Å². The van der Waals surface area contributed by atoms with Crippen LogP contribution in [-0.4, -0.2) is 25.7 Å². The molecule has 0 saturated carbocycles. The fraction of sp³-hybridized carbons (Fsp3) is 0.278. The first kappa shape index (κ1) is 20.2. The van der Waals surface area contributed by atoms with Gasteiger partial charge in [-0.2, -0.15) is 0 Å². The van der Waals surface area contributed by atoms with Gasteiger partial charge in [-0.25, -0.2) is 22.6 Å². The zero-order chi connectivity index (χ0) is 20.5. The van der Waals surface area contributed by atoms with Crippen LogP contribution in [0.25, 0.3) is 0 Å². The monoisotopic (exact) mass is 410 g/mol. The molecule has 3 atom stereocenters. The van der Waals surface area contributed by atoms with Crippen molar-refractivity contribution in [2.24, 2.45) is 5.92 Å². The van der Waals surface area contributed by atoms with Crippen molar-refractivity contribution in [1.29, 1.82) is 0 Å². The van der Waals surface area contributed by atoms with E-state index in [1.807, 2.05) is 6.92 Å². The van der Waals surface area contributed by atoms with Gasteiger partial charge in [0.1, 0.15) is 0 Å². The number of aryl methyl sites for hydroxylation is 1. The molecule has 2 aromatic rings. The number of carbonyl (C=O) groups is 1. The molecule has 1 saturated heterocycles. The number of hydrogen-bond acceptors (Lipinski definition) is 5. The minimum atomic E-state index is -3.98. The Morgan fingerprint density at radius 2 is 1.64 bits per heavy atom. The summed E-state index contributed by atoms with van der Waals surface area (Å²) in [5, 5.41) is 1.17. The maximum atomic E-state index is 13.4. The van der Waals surface area contributed by atoms with Crippen molar-refractivity contribution >= 4 is 27.3 Å². The van der Waals surface area contributed by atoms with Crippen LogP contribution >= 0.6 is 0 Å². The van der Waals surface area contributed by atoms with Gasteiger partial charge in [-0.05, 0) is 38.1 Å². The van der Waals surface area contributed by atoms with E-state index in [4.69, 9.17) is 0 Å². The van der Waals surface area contributed by atoms with Gasteiger partial charge in [0.25, 0.3) is 10.0 Å². The Labute approximate surface area is 161 Å². The van der Waals surface area contributed by atoms with Crippen LogP contribution in [0.2, 0.25) is 0 Å². The van der Waals surface area contributed by atoms with Crippen LogP contribution in [0.5, 0.6) is 0 Å². The minimum absolute atomic E-state index is 0.0330. The summed E-state index contributed by atoms with van der Waals surface area (Å²) in [4.78, 5) is 12.7. The number of rotatable bonds is 5. The zero-order valence-electron chi connectivity index (χ0n) is 15.2. The second-order valence-corrected chi connectivity index (χ2v) is 8.46. The number of amides is 1. The Balaban J connectivity index is 1.79. The minimum Gasteiger partial charge on any atom is -0.326 e. The van der Waals surface area contributed by atoms with Gasteiger partial charge in [0.2, 0.25) is 5.91 Å². The lowest BCUT2D eigenvalue weighted by atomic mass is 10.0. The van der Waals surface area contributed by atoms with Crippen molar-refractivity contribution in [3.63, 3.8) is 0 Å². The maximum absolute atomic E-state index is 13.4. The van der Waals surface area contributed by atoms with Gasteiger partial charge in [-0.15, -0.1) is 0 Å². The normalized spacial score (nSPS) is 22.1. The van der Waals surface area contributed by atoms with Gasteiger partial charge in [0.05, 0.1) is 5.92 Å². The first-order valence-corrected chi connectivity index (χ1v) is 10.1. The van der Waals surface area contributed by atoms with E-state index in [1.165, 1.54) is 6.07 Å². The molecule has 28 heavy (non-hydrogen) atoms. The third kappa shape index (κ3) is 4.29. The van der Waals surface area contributed by atoms with Crippen LogP contribution in [0.3, 0.4) is 0 Å². The Hall–Kier alpha value is -2.56. The number of halogens is 2. The molecule has 3 rings (SSSR count). The van der Waals surface area contributed by atoms with E-state index < -0.39 is 44.9 Å². The number of carbonyl (C=O) groups excluding carboxylic acids is 1. The van der Waals surface area contributed by atoms with Gasteiger partial charge in [-0.1, -0.05) is 17.7 Å². The quantitative estimate of drug-likeness (QED) is 0.605. The molecule has 0 aromatic heterocycles. The molecular weight excluding hydrogens is 390 g/mol. The van der Waals surface area contributed by atoms with E-state index in [0.29, 0.717) is 5.69 Å². The number of sulfonamides is 1. The molecule has 1 aliphatic rings. The Kier molecular flexibility index (Phi) is 5.64. The fourth-order valence-electron chi connectivity index (χ4n) is 2.94. The highest BCUT2D eigenvalue weighted by Gasteiger charge is 2.46. The van der Waals surface area contributed by atoms with Gasteiger partial charge in [0.15, 0.2) is 17.0 Å². The molecule has 0 aliphatic carbocycles. The number of anilines is 2. The first-order valence-electron chi connectivity index (χ1n) is 8.52. The first-order chi connectivity index (χ1) is 13.2. The van der Waals surface area contributed by atoms with Gasteiger partial charge < -0.3 is 5.32 Å². The Bertz CT molecular complexity index is 983. The third-order valence-corrected chi connectivity index (χ3v) is 6.05. The lowest BCUT2D eigenvalue weighted by Gasteiger charge is -2.21. The summed E-state index contributed by atoms with van der Waals surface area (Å²) in [6.45, 7) is 3.52. The van der Waals surface area contributed by atoms with Crippen molar-refractivity contribution in [1.82, 2.24) is 10.9 Å². The van der Waals surface area contributed by atoms with Gasteiger partial charge in [0, 0.05) is 23.5 Å². The van der Waals surface area contributed by atoms with Gasteiger partial charge in [-0.3, -0.25) is 14.9 Å². The number of benzene rings is 2. The van der Waals surface area contributed by atoms with Crippen LogP contribution < -0.4 is 20.9 Å². The second kappa shape index (κ2) is 7.82. The van der Waals surface area contributed by atoms with E-state index in [-0.39, 0.29) is 5.69 Å². The summed E-state index contributed by atoms with van der Waals surface area (Å²) < 4.78 is 54.5. The van der Waals surface area contributed by atoms with Crippen molar-refractivity contribution < 1.29 is 22.0 Å². The van der Waals surface area contributed by atoms with Crippen LogP contribution in [0.4, 0.5) is 20.2 Å². The molecule has 0 spiro atoms. The zero-order valence-corrected chi connectivity index (χ0v) is 16.0. The summed E-state index contributed by atoms with van der Waals surface area (Å²) >= 11 is 0. The van der Waals surface area contributed by atoms with Crippen molar-refractivity contribution in [3.05, 3.63) is 59.7 Å². The summed E-state index contributed by atoms with van der Waals surface area (Å²) in [7, 11) is -3.98. The average Bonchev–Trinajstić information content (AvgIpc) is 3.03. The van der Waals surface area contributed by atoms with Crippen molar-refractivity contribution in [3.8, 4) is 0 Å². The number of hydrogen-bond donors (Lipinski definition) is 4. The molecule has 0 radical (unpaired) electrons. The molecule has 1 amide bonds. The smallest absolute Gasteiger partial charge is 0.250 e. The van der Waals surface area contributed by atoms with E-state index in [2.05, 4.69) is 20.9 Å². The van der Waals surface area contributed by atoms with E-state index >= 15 is 0 Å². The average molecular weight is 410 g/mol. The second-order valence-electron chi connectivity index (χ2n) is 6.65. The summed E-state index contributed by atoms with van der Waals surface area (Å²) in [6, 6.07) is 9.15. The largest absolute Gasteiger partial charge is 0.326 e. The molecular formula is C18H20F2N4O3S. The topological polar surface area (TPSA) is 99.3 Å². The summed E-state index contributed by atoms with van der Waals surface area (Å²) in [5.41, 5.74) is 6.74. The van der Waals surface area contributed by atoms with E-state index in [9.17, 15) is 22.0 Å². The number of nitrogens with one attached hydrogen (secondary N) is 4. The van der Waals surface area contributed by atoms with E-state index in [1.54, 1.807) is 31.2 Å². The van der Waals surface area contributed by atoms with Gasteiger partial charge >= 0.3 is 0 Å². The highest BCUT2D eigenvalue weighted by Crippen LogP contribution is 2.24. The lowest BCUT2D eigenvalue weighted by molar-refractivity contribution is -0.119. The molecule has 2 aromatic carbocycles. The highest BCUT2D eigenvalue weighted by atomic mass is 32.2. The Morgan fingerprint density at radius 1 is 1.00 bits per heavy atom. The molecule has 4 N–H and O–H groups in total. The summed E-state index contributed by atoms with van der Waals surface area (Å²) in [5.74, 6) is -3.82. The van der Waals surface area contributed by atoms with Crippen LogP contribution in [0, 0.1) is 24.5 Å². The lowest BCUT2D eigenvalue weighted by Crippen LogP contribution is -2.45. The molecule has 3 unspecified atom stereocenters. The van der Waals surface area contributed by atoms with Crippen LogP contribution in [-0.2, 0) is 14.8 Å². The molecule has 1 aliphatic heterocycles. The molecule has 150 valence electrons. The molecule has 1 heterocycles. The van der Waals surface area contributed by atoms with Crippen molar-refractivity contribution in [2.45, 2.75) is 25.3 Å². The number of hydrazine groups is 1. The summed E-state index contributed by atoms with van der Waals surface area (Å²) in [6.07, 6.45) is 0. The predicted octanol–water partition coefficient (Wildman–Crippen LogP) is 2.09. The maximum Gasteiger partial charge on any atom is 0.250 e. The SMILES string of the molecule is Cc1ccc(NS(=O)(=O)C2NNC(C)C2C(=O)Nc2ccc(F)c(F)c2)cc1. The highest BCUT2D eigenvalue weighted by molar-refractivity contribution is 7.93. The fourth-order valence-corrected chi connectivity index (χ4v) is 4.50. The molecule has 0 bridgehead atoms. The molecule has 7 nitrogen and oxygen atoms in total. The molecule has 1 fully saturated rings. The standard InChI is InChI=1S/C18H20F2N4O3S/c1-10-3-5-12(6-4-10)24-28(26,27)18-16(11(2)22-23-18)17(25)21-13-7-8-14(19)15(20)9-13/h3-9,11,16,18,22-24H,1-2H3,(H,21,25). The van der Waals surface area contributed by atoms with Crippen molar-refractivity contribution in [2.75, 3.05) is 10.0 Å². The molecule has 10 heteroatoms. The van der Waals surface area contributed by atoms with Crippen LogP contribution in [0.1, 0.15) is 12.5 Å².